The Morgan fingerprint density at radius 2 is 2.00 bits per heavy atom. The Balaban J connectivity index is 2.13. The Morgan fingerprint density at radius 1 is 1.30 bits per heavy atom. The van der Waals surface area contributed by atoms with Crippen molar-refractivity contribution in [3.8, 4) is 0 Å². The van der Waals surface area contributed by atoms with Gasteiger partial charge in [-0.1, -0.05) is 17.7 Å². The van der Waals surface area contributed by atoms with Gasteiger partial charge >= 0.3 is 5.97 Å². The van der Waals surface area contributed by atoms with Crippen LogP contribution in [0.4, 0.5) is 5.69 Å². The first-order chi connectivity index (χ1) is 9.58. The predicted octanol–water partition coefficient (Wildman–Crippen LogP) is 1.84. The van der Waals surface area contributed by atoms with E-state index in [1.807, 2.05) is 6.07 Å². The summed E-state index contributed by atoms with van der Waals surface area (Å²) in [5.41, 5.74) is 1.60. The second-order valence-electron chi connectivity index (χ2n) is 4.31. The molecule has 0 aliphatic carbocycles. The summed E-state index contributed by atoms with van der Waals surface area (Å²) >= 11 is 6.14. The van der Waals surface area contributed by atoms with Crippen molar-refractivity contribution < 1.29 is 19.4 Å². The minimum atomic E-state index is -1.48. The summed E-state index contributed by atoms with van der Waals surface area (Å²) < 4.78 is 5.28. The molecule has 2 rings (SSSR count). The van der Waals surface area contributed by atoms with Gasteiger partial charge in [0.25, 0.3) is 5.78 Å². The van der Waals surface area contributed by atoms with E-state index in [0.717, 1.165) is 24.9 Å². The highest BCUT2D eigenvalue weighted by Gasteiger charge is 2.12. The molecule has 0 amide bonds. The van der Waals surface area contributed by atoms with E-state index in [9.17, 15) is 9.59 Å². The fourth-order valence-electron chi connectivity index (χ4n) is 1.91. The first-order valence-electron chi connectivity index (χ1n) is 6.15. The number of carbonyl (C=O) groups is 2. The summed E-state index contributed by atoms with van der Waals surface area (Å²) in [6, 6.07) is 5.46. The molecule has 0 atom stereocenters. The summed E-state index contributed by atoms with van der Waals surface area (Å²) in [6.07, 6.45) is 2.40. The maximum absolute atomic E-state index is 11.0. The maximum Gasteiger partial charge on any atom is 0.376 e. The van der Waals surface area contributed by atoms with Crippen molar-refractivity contribution in [1.29, 1.82) is 0 Å². The molecule has 1 heterocycles. The minimum Gasteiger partial charge on any atom is -0.475 e. The molecule has 0 spiro atoms. The van der Waals surface area contributed by atoms with E-state index in [1.54, 1.807) is 12.1 Å². The first kappa shape index (κ1) is 14.6. The number of carboxylic acids is 1. The van der Waals surface area contributed by atoms with Gasteiger partial charge in [-0.25, -0.2) is 4.79 Å². The number of aliphatic carboxylic acids is 1. The van der Waals surface area contributed by atoms with E-state index in [2.05, 4.69) is 4.90 Å². The Bertz CT molecular complexity index is 550. The maximum atomic E-state index is 11.0. The van der Waals surface area contributed by atoms with Crippen LogP contribution in [0.1, 0.15) is 5.56 Å². The van der Waals surface area contributed by atoms with Gasteiger partial charge in [-0.15, -0.1) is 0 Å². The fourth-order valence-corrected chi connectivity index (χ4v) is 2.14. The molecule has 5 nitrogen and oxygen atoms in total. The van der Waals surface area contributed by atoms with Gasteiger partial charge in [0.2, 0.25) is 0 Å². The number of hydrogen-bond acceptors (Lipinski definition) is 4. The van der Waals surface area contributed by atoms with Crippen molar-refractivity contribution in [3.63, 3.8) is 0 Å². The third-order valence-corrected chi connectivity index (χ3v) is 3.31. The molecule has 1 aromatic rings. The summed E-state index contributed by atoms with van der Waals surface area (Å²) in [5, 5.41) is 8.97. The van der Waals surface area contributed by atoms with Gasteiger partial charge in [-0.05, 0) is 29.8 Å². The highest BCUT2D eigenvalue weighted by atomic mass is 35.5. The molecular weight excluding hydrogens is 282 g/mol. The lowest BCUT2D eigenvalue weighted by atomic mass is 10.1. The molecule has 20 heavy (non-hydrogen) atoms. The van der Waals surface area contributed by atoms with Gasteiger partial charge in [0.05, 0.1) is 13.2 Å². The Labute approximate surface area is 121 Å². The van der Waals surface area contributed by atoms with Crippen LogP contribution in [0.15, 0.2) is 24.3 Å². The summed E-state index contributed by atoms with van der Waals surface area (Å²) in [4.78, 5) is 23.6. The smallest absolute Gasteiger partial charge is 0.376 e. The van der Waals surface area contributed by atoms with Crippen molar-refractivity contribution in [2.24, 2.45) is 0 Å². The van der Waals surface area contributed by atoms with Crippen molar-refractivity contribution in [3.05, 3.63) is 34.9 Å². The van der Waals surface area contributed by atoms with E-state index in [-0.39, 0.29) is 0 Å². The molecule has 0 radical (unpaired) electrons. The molecule has 0 aromatic heterocycles. The highest BCUT2D eigenvalue weighted by Crippen LogP contribution is 2.25. The van der Waals surface area contributed by atoms with Crippen LogP contribution >= 0.6 is 11.6 Å². The van der Waals surface area contributed by atoms with Crippen molar-refractivity contribution in [1.82, 2.24) is 0 Å². The van der Waals surface area contributed by atoms with Crippen molar-refractivity contribution in [2.45, 2.75) is 0 Å². The lowest BCUT2D eigenvalue weighted by Crippen LogP contribution is -2.36. The number of halogens is 1. The molecule has 0 bridgehead atoms. The monoisotopic (exact) mass is 295 g/mol. The molecule has 1 aliphatic heterocycles. The summed E-state index contributed by atoms with van der Waals surface area (Å²) in [6.45, 7) is 2.99. The quantitative estimate of drug-likeness (QED) is 0.678. The van der Waals surface area contributed by atoms with Crippen LogP contribution < -0.4 is 4.90 Å². The fraction of sp³-hybridized carbons (Fsp3) is 0.286. The number of benzene rings is 1. The van der Waals surface area contributed by atoms with Gasteiger partial charge in [0.1, 0.15) is 0 Å². The second kappa shape index (κ2) is 6.54. The molecule has 1 aromatic carbocycles. The molecule has 1 saturated heterocycles. The molecule has 0 unspecified atom stereocenters. The number of morpholine rings is 1. The van der Waals surface area contributed by atoms with Gasteiger partial charge in [-0.2, -0.15) is 0 Å². The molecule has 1 N–H and O–H groups in total. The topological polar surface area (TPSA) is 66.8 Å². The number of anilines is 1. The number of hydrogen-bond donors (Lipinski definition) is 1. The number of ether oxygens (including phenoxy) is 1. The van der Waals surface area contributed by atoms with Crippen LogP contribution in [0.3, 0.4) is 0 Å². The van der Waals surface area contributed by atoms with Crippen molar-refractivity contribution in [2.75, 3.05) is 31.2 Å². The van der Waals surface area contributed by atoms with E-state index in [4.69, 9.17) is 21.4 Å². The minimum absolute atomic E-state index is 0.475. The van der Waals surface area contributed by atoms with Gasteiger partial charge in [0, 0.05) is 23.8 Å². The molecular formula is C14H14ClNO4. The van der Waals surface area contributed by atoms with Crippen LogP contribution in [0.25, 0.3) is 6.08 Å². The average Bonchev–Trinajstić information content (AvgIpc) is 2.46. The standard InChI is InChI=1S/C14H14ClNO4/c15-12-9-11(16-5-7-20-8-6-16)3-1-10(12)2-4-13(17)14(18)19/h1-4,9H,5-8H2,(H,18,19)/b4-2+. The summed E-state index contributed by atoms with van der Waals surface area (Å²) in [7, 11) is 0. The van der Waals surface area contributed by atoms with E-state index in [1.165, 1.54) is 6.08 Å². The Morgan fingerprint density at radius 3 is 2.60 bits per heavy atom. The summed E-state index contributed by atoms with van der Waals surface area (Å²) in [5.74, 6) is -2.46. The van der Waals surface area contributed by atoms with E-state index >= 15 is 0 Å². The third kappa shape index (κ3) is 3.59. The van der Waals surface area contributed by atoms with Crippen molar-refractivity contribution >= 4 is 35.1 Å². The van der Waals surface area contributed by atoms with Gasteiger partial charge < -0.3 is 14.7 Å². The van der Waals surface area contributed by atoms with Crippen LogP contribution in [-0.2, 0) is 14.3 Å². The van der Waals surface area contributed by atoms with Crippen LogP contribution in [0.2, 0.25) is 5.02 Å². The van der Waals surface area contributed by atoms with Crippen LogP contribution in [0.5, 0.6) is 0 Å². The Kier molecular flexibility index (Phi) is 4.76. The third-order valence-electron chi connectivity index (χ3n) is 2.99. The normalized spacial score (nSPS) is 15.6. The molecule has 1 aliphatic rings. The predicted molar refractivity (Wildman–Crippen MR) is 76.2 cm³/mol. The number of carbonyl (C=O) groups excluding carboxylic acids is 1. The number of nitrogens with zero attached hydrogens (tertiary/aromatic N) is 1. The van der Waals surface area contributed by atoms with Gasteiger partial charge in [0.15, 0.2) is 0 Å². The SMILES string of the molecule is O=C(O)C(=O)/C=C/c1ccc(N2CCOCC2)cc1Cl. The second-order valence-corrected chi connectivity index (χ2v) is 4.72. The molecule has 0 saturated carbocycles. The number of ketones is 1. The first-order valence-corrected chi connectivity index (χ1v) is 6.53. The van der Waals surface area contributed by atoms with Crippen LogP contribution in [-0.4, -0.2) is 43.2 Å². The van der Waals surface area contributed by atoms with E-state index < -0.39 is 11.8 Å². The Hall–Kier alpha value is -1.85. The lowest BCUT2D eigenvalue weighted by Gasteiger charge is -2.29. The molecule has 1 fully saturated rings. The zero-order valence-corrected chi connectivity index (χ0v) is 11.5. The zero-order chi connectivity index (χ0) is 14.5. The highest BCUT2D eigenvalue weighted by molar-refractivity contribution is 6.38. The number of carboxylic acid groups (broad SMARTS) is 1. The largest absolute Gasteiger partial charge is 0.475 e. The van der Waals surface area contributed by atoms with E-state index in [0.29, 0.717) is 23.8 Å². The molecule has 106 valence electrons. The number of rotatable bonds is 4. The average molecular weight is 296 g/mol. The van der Waals surface area contributed by atoms with Gasteiger partial charge in [-0.3, -0.25) is 4.79 Å². The zero-order valence-electron chi connectivity index (χ0n) is 10.7. The van der Waals surface area contributed by atoms with Crippen LogP contribution in [0, 0.1) is 0 Å². The molecule has 6 heteroatoms. The lowest BCUT2D eigenvalue weighted by molar-refractivity contribution is -0.146.